The molecule has 0 atom stereocenters. The predicted molar refractivity (Wildman–Crippen MR) is 84.7 cm³/mol. The van der Waals surface area contributed by atoms with Gasteiger partial charge in [0.15, 0.2) is 0 Å². The summed E-state index contributed by atoms with van der Waals surface area (Å²) in [5.41, 5.74) is 4.05. The number of aromatic nitrogens is 3. The summed E-state index contributed by atoms with van der Waals surface area (Å²) in [7, 11) is 0. The molecule has 21 heavy (non-hydrogen) atoms. The second-order valence-electron chi connectivity index (χ2n) is 5.75. The Bertz CT molecular complexity index is 568. The average Bonchev–Trinajstić information content (AvgIpc) is 2.92. The van der Waals surface area contributed by atoms with E-state index >= 15 is 0 Å². The van der Waals surface area contributed by atoms with Crippen LogP contribution in [0.1, 0.15) is 69.3 Å². The zero-order chi connectivity index (χ0) is 15.4. The molecule has 1 aromatic carbocycles. The Balaban J connectivity index is 2.46. The summed E-state index contributed by atoms with van der Waals surface area (Å²) >= 11 is 0. The molecule has 0 saturated carbocycles. The summed E-state index contributed by atoms with van der Waals surface area (Å²) in [5, 5.41) is 17.9. The SMILES string of the molecule is CCC(CC)c1c(CO)nnn1-c1ccc(C(C)C)cc1. The number of hydrogen-bond donors (Lipinski definition) is 1. The number of rotatable bonds is 6. The maximum atomic E-state index is 9.52. The Morgan fingerprint density at radius 1 is 1.10 bits per heavy atom. The number of nitrogens with zero attached hydrogens (tertiary/aromatic N) is 3. The topological polar surface area (TPSA) is 50.9 Å². The fourth-order valence-electron chi connectivity index (χ4n) is 2.71. The van der Waals surface area contributed by atoms with E-state index in [1.165, 1.54) is 5.56 Å². The second-order valence-corrected chi connectivity index (χ2v) is 5.75. The van der Waals surface area contributed by atoms with Crippen molar-refractivity contribution in [1.29, 1.82) is 0 Å². The highest BCUT2D eigenvalue weighted by Gasteiger charge is 2.20. The van der Waals surface area contributed by atoms with Gasteiger partial charge in [-0.3, -0.25) is 0 Å². The molecule has 0 radical (unpaired) electrons. The minimum absolute atomic E-state index is 0.0596. The number of benzene rings is 1. The van der Waals surface area contributed by atoms with Crippen molar-refractivity contribution in [1.82, 2.24) is 15.0 Å². The van der Waals surface area contributed by atoms with Crippen LogP contribution in [-0.4, -0.2) is 20.1 Å². The maximum absolute atomic E-state index is 9.52. The summed E-state index contributed by atoms with van der Waals surface area (Å²) < 4.78 is 1.88. The molecule has 1 heterocycles. The first-order valence-electron chi connectivity index (χ1n) is 7.77. The van der Waals surface area contributed by atoms with Crippen LogP contribution >= 0.6 is 0 Å². The zero-order valence-electron chi connectivity index (χ0n) is 13.4. The fraction of sp³-hybridized carbons (Fsp3) is 0.529. The van der Waals surface area contributed by atoms with Gasteiger partial charge < -0.3 is 5.11 Å². The third-order valence-electron chi connectivity index (χ3n) is 4.11. The van der Waals surface area contributed by atoms with Gasteiger partial charge in [-0.25, -0.2) is 4.68 Å². The van der Waals surface area contributed by atoms with Gasteiger partial charge in [0.05, 0.1) is 18.0 Å². The molecule has 114 valence electrons. The lowest BCUT2D eigenvalue weighted by atomic mass is 9.97. The largest absolute Gasteiger partial charge is 0.390 e. The van der Waals surface area contributed by atoms with Crippen LogP contribution in [0.2, 0.25) is 0 Å². The quantitative estimate of drug-likeness (QED) is 0.879. The van der Waals surface area contributed by atoms with Crippen molar-refractivity contribution in [2.45, 2.75) is 59.0 Å². The summed E-state index contributed by atoms with van der Waals surface area (Å²) in [6, 6.07) is 8.43. The van der Waals surface area contributed by atoms with Crippen molar-refractivity contribution < 1.29 is 5.11 Å². The molecular weight excluding hydrogens is 262 g/mol. The monoisotopic (exact) mass is 287 g/mol. The lowest BCUT2D eigenvalue weighted by Crippen LogP contribution is -2.09. The molecule has 0 spiro atoms. The molecule has 0 aliphatic rings. The summed E-state index contributed by atoms with van der Waals surface area (Å²) in [4.78, 5) is 0. The molecule has 4 heteroatoms. The van der Waals surface area contributed by atoms with Crippen LogP contribution in [0.15, 0.2) is 24.3 Å². The van der Waals surface area contributed by atoms with E-state index in [1.807, 2.05) is 4.68 Å². The normalized spacial score (nSPS) is 11.6. The molecule has 0 aliphatic heterocycles. The Labute approximate surface area is 126 Å². The van der Waals surface area contributed by atoms with Gasteiger partial charge in [0.2, 0.25) is 0 Å². The number of aliphatic hydroxyl groups is 1. The van der Waals surface area contributed by atoms with Crippen molar-refractivity contribution >= 4 is 0 Å². The first-order chi connectivity index (χ1) is 10.1. The van der Waals surface area contributed by atoms with Gasteiger partial charge in [-0.05, 0) is 36.5 Å². The van der Waals surface area contributed by atoms with Crippen LogP contribution in [-0.2, 0) is 6.61 Å². The molecular formula is C17H25N3O. The number of hydrogen-bond acceptors (Lipinski definition) is 3. The highest BCUT2D eigenvalue weighted by molar-refractivity contribution is 5.37. The Morgan fingerprint density at radius 3 is 2.19 bits per heavy atom. The third-order valence-corrected chi connectivity index (χ3v) is 4.11. The third kappa shape index (κ3) is 3.16. The van der Waals surface area contributed by atoms with E-state index in [2.05, 4.69) is 62.3 Å². The molecule has 0 bridgehead atoms. The predicted octanol–water partition coefficient (Wildman–Crippen LogP) is 3.79. The average molecular weight is 287 g/mol. The first kappa shape index (κ1) is 15.7. The Kier molecular flexibility index (Phi) is 5.12. The van der Waals surface area contributed by atoms with Crippen LogP contribution < -0.4 is 0 Å². The molecule has 0 unspecified atom stereocenters. The smallest absolute Gasteiger partial charge is 0.112 e. The minimum Gasteiger partial charge on any atom is -0.390 e. The molecule has 0 aliphatic carbocycles. The van der Waals surface area contributed by atoms with Crippen molar-refractivity contribution in [2.75, 3.05) is 0 Å². The lowest BCUT2D eigenvalue weighted by molar-refractivity contribution is 0.274. The van der Waals surface area contributed by atoms with Crippen molar-refractivity contribution in [3.8, 4) is 5.69 Å². The highest BCUT2D eigenvalue weighted by atomic mass is 16.3. The summed E-state index contributed by atoms with van der Waals surface area (Å²) in [6.07, 6.45) is 2.03. The fourth-order valence-corrected chi connectivity index (χ4v) is 2.71. The summed E-state index contributed by atoms with van der Waals surface area (Å²) in [5.74, 6) is 0.883. The lowest BCUT2D eigenvalue weighted by Gasteiger charge is -2.16. The Hall–Kier alpha value is -1.68. The molecule has 2 aromatic rings. The van der Waals surface area contributed by atoms with Gasteiger partial charge >= 0.3 is 0 Å². The van der Waals surface area contributed by atoms with Gasteiger partial charge in [0.25, 0.3) is 0 Å². The van der Waals surface area contributed by atoms with Crippen LogP contribution in [0.5, 0.6) is 0 Å². The second kappa shape index (κ2) is 6.85. The highest BCUT2D eigenvalue weighted by Crippen LogP contribution is 2.28. The van der Waals surface area contributed by atoms with Gasteiger partial charge in [0.1, 0.15) is 5.69 Å². The molecule has 0 saturated heterocycles. The van der Waals surface area contributed by atoms with Crippen molar-refractivity contribution in [3.05, 3.63) is 41.2 Å². The van der Waals surface area contributed by atoms with Crippen LogP contribution in [0.3, 0.4) is 0 Å². The molecule has 0 amide bonds. The van der Waals surface area contributed by atoms with E-state index in [1.54, 1.807) is 0 Å². The van der Waals surface area contributed by atoms with Gasteiger partial charge in [-0.2, -0.15) is 0 Å². The van der Waals surface area contributed by atoms with E-state index in [9.17, 15) is 5.11 Å². The van der Waals surface area contributed by atoms with Gasteiger partial charge in [-0.1, -0.05) is 45.0 Å². The van der Waals surface area contributed by atoms with E-state index < -0.39 is 0 Å². The van der Waals surface area contributed by atoms with E-state index in [4.69, 9.17) is 0 Å². The van der Waals surface area contributed by atoms with Crippen molar-refractivity contribution in [2.24, 2.45) is 0 Å². The van der Waals surface area contributed by atoms with E-state index in [0.717, 1.165) is 24.2 Å². The summed E-state index contributed by atoms with van der Waals surface area (Å²) in [6.45, 7) is 8.63. The van der Waals surface area contributed by atoms with Crippen molar-refractivity contribution in [3.63, 3.8) is 0 Å². The van der Waals surface area contributed by atoms with Crippen LogP contribution in [0.25, 0.3) is 5.69 Å². The van der Waals surface area contributed by atoms with E-state index in [-0.39, 0.29) is 6.61 Å². The maximum Gasteiger partial charge on any atom is 0.112 e. The molecule has 1 N–H and O–H groups in total. The van der Waals surface area contributed by atoms with Crippen LogP contribution in [0, 0.1) is 0 Å². The Morgan fingerprint density at radius 2 is 1.71 bits per heavy atom. The molecule has 0 fully saturated rings. The van der Waals surface area contributed by atoms with Crippen LogP contribution in [0.4, 0.5) is 0 Å². The standard InChI is InChI=1S/C17H25N3O/c1-5-13(6-2)17-16(11-21)18-19-20(17)15-9-7-14(8-10-15)12(3)4/h7-10,12-13,21H,5-6,11H2,1-4H3. The number of aliphatic hydroxyl groups excluding tert-OH is 1. The van der Waals surface area contributed by atoms with Gasteiger partial charge in [0, 0.05) is 5.92 Å². The van der Waals surface area contributed by atoms with Gasteiger partial charge in [-0.15, -0.1) is 5.10 Å². The minimum atomic E-state index is -0.0596. The first-order valence-corrected chi connectivity index (χ1v) is 7.77. The molecule has 2 rings (SSSR count). The molecule has 4 nitrogen and oxygen atoms in total. The molecule has 1 aromatic heterocycles. The van der Waals surface area contributed by atoms with E-state index in [0.29, 0.717) is 17.5 Å². The zero-order valence-corrected chi connectivity index (χ0v) is 13.4.